The Labute approximate surface area is 157 Å². The third-order valence-corrected chi connectivity index (χ3v) is 4.16. The summed E-state index contributed by atoms with van der Waals surface area (Å²) in [5.41, 5.74) is 2.77. The molecule has 2 rings (SSSR count). The van der Waals surface area contributed by atoms with Crippen LogP contribution in [0.3, 0.4) is 0 Å². The molecule has 1 unspecified atom stereocenters. The maximum atomic E-state index is 12.6. The van der Waals surface area contributed by atoms with Crippen molar-refractivity contribution in [2.24, 2.45) is 0 Å². The molecule has 0 aliphatic rings. The van der Waals surface area contributed by atoms with E-state index in [9.17, 15) is 14.4 Å². The molecule has 8 heteroatoms. The third-order valence-electron chi connectivity index (χ3n) is 4.16. The van der Waals surface area contributed by atoms with E-state index in [2.05, 4.69) is 10.6 Å². The molecule has 0 bridgehead atoms. The van der Waals surface area contributed by atoms with Gasteiger partial charge in [-0.15, -0.1) is 0 Å². The van der Waals surface area contributed by atoms with Crippen molar-refractivity contribution in [1.29, 1.82) is 0 Å². The van der Waals surface area contributed by atoms with Crippen molar-refractivity contribution >= 4 is 17.8 Å². The van der Waals surface area contributed by atoms with Crippen molar-refractivity contribution in [2.75, 3.05) is 13.7 Å². The van der Waals surface area contributed by atoms with E-state index < -0.39 is 30.4 Å². The van der Waals surface area contributed by atoms with E-state index in [1.807, 2.05) is 42.7 Å². The SMILES string of the molecule is COc1ccccc1-n1c(C)cc(C(=O)NC(C)C(=O)NCC(=O)O)c1C. The Bertz CT molecular complexity index is 872. The Morgan fingerprint density at radius 2 is 1.89 bits per heavy atom. The van der Waals surface area contributed by atoms with Crippen molar-refractivity contribution in [2.45, 2.75) is 26.8 Å². The van der Waals surface area contributed by atoms with Gasteiger partial charge in [-0.25, -0.2) is 0 Å². The van der Waals surface area contributed by atoms with E-state index in [0.717, 1.165) is 11.4 Å². The molecule has 2 amide bonds. The minimum atomic E-state index is -1.15. The number of hydrogen-bond acceptors (Lipinski definition) is 4. The summed E-state index contributed by atoms with van der Waals surface area (Å²) in [6.45, 7) is 4.68. The van der Waals surface area contributed by atoms with Gasteiger partial charge in [0.1, 0.15) is 18.3 Å². The van der Waals surface area contributed by atoms with Crippen LogP contribution in [0.2, 0.25) is 0 Å². The third kappa shape index (κ3) is 4.46. The Kier molecular flexibility index (Phi) is 6.23. The number of aryl methyl sites for hydroxylation is 1. The molecule has 8 nitrogen and oxygen atoms in total. The van der Waals surface area contributed by atoms with E-state index in [0.29, 0.717) is 17.0 Å². The number of methoxy groups -OCH3 is 1. The predicted molar refractivity (Wildman–Crippen MR) is 99.4 cm³/mol. The van der Waals surface area contributed by atoms with Crippen LogP contribution in [0.4, 0.5) is 0 Å². The van der Waals surface area contributed by atoms with Gasteiger partial charge in [0.25, 0.3) is 5.91 Å². The van der Waals surface area contributed by atoms with E-state index >= 15 is 0 Å². The molecule has 0 radical (unpaired) electrons. The normalized spacial score (nSPS) is 11.6. The van der Waals surface area contributed by atoms with Crippen molar-refractivity contribution in [3.05, 3.63) is 47.3 Å². The number of nitrogens with zero attached hydrogens (tertiary/aromatic N) is 1. The number of amides is 2. The fourth-order valence-corrected chi connectivity index (χ4v) is 2.83. The summed E-state index contributed by atoms with van der Waals surface area (Å²) in [7, 11) is 1.58. The Balaban J connectivity index is 2.24. The van der Waals surface area contributed by atoms with Crippen molar-refractivity contribution in [3.8, 4) is 11.4 Å². The number of para-hydroxylation sites is 2. The number of aromatic nitrogens is 1. The molecule has 1 atom stereocenters. The lowest BCUT2D eigenvalue weighted by Crippen LogP contribution is -2.46. The summed E-state index contributed by atoms with van der Waals surface area (Å²) in [6.07, 6.45) is 0. The largest absolute Gasteiger partial charge is 0.495 e. The van der Waals surface area contributed by atoms with Crippen LogP contribution < -0.4 is 15.4 Å². The molecular weight excluding hydrogens is 350 g/mol. The first-order valence-corrected chi connectivity index (χ1v) is 8.39. The second-order valence-corrected chi connectivity index (χ2v) is 6.10. The minimum absolute atomic E-state index is 0.415. The summed E-state index contributed by atoms with van der Waals surface area (Å²) in [5, 5.41) is 13.4. The van der Waals surface area contributed by atoms with Crippen LogP contribution in [0, 0.1) is 13.8 Å². The Morgan fingerprint density at radius 3 is 2.52 bits per heavy atom. The smallest absolute Gasteiger partial charge is 0.322 e. The first-order valence-electron chi connectivity index (χ1n) is 8.39. The first kappa shape index (κ1) is 20.0. The second-order valence-electron chi connectivity index (χ2n) is 6.10. The highest BCUT2D eigenvalue weighted by Crippen LogP contribution is 2.27. The molecule has 1 aromatic heterocycles. The predicted octanol–water partition coefficient (Wildman–Crippen LogP) is 1.42. The number of hydrogen-bond donors (Lipinski definition) is 3. The fraction of sp³-hybridized carbons (Fsp3) is 0.316. The lowest BCUT2D eigenvalue weighted by atomic mass is 10.2. The van der Waals surface area contributed by atoms with Crippen molar-refractivity contribution < 1.29 is 24.2 Å². The van der Waals surface area contributed by atoms with Gasteiger partial charge in [0.15, 0.2) is 0 Å². The van der Waals surface area contributed by atoms with E-state index in [-0.39, 0.29) is 0 Å². The Morgan fingerprint density at radius 1 is 1.22 bits per heavy atom. The number of ether oxygens (including phenoxy) is 1. The van der Waals surface area contributed by atoms with Crippen LogP contribution in [0.5, 0.6) is 5.75 Å². The number of benzene rings is 1. The molecule has 0 spiro atoms. The summed E-state index contributed by atoms with van der Waals surface area (Å²) in [4.78, 5) is 35.0. The highest BCUT2D eigenvalue weighted by Gasteiger charge is 2.22. The molecule has 0 aliphatic heterocycles. The van der Waals surface area contributed by atoms with Crippen LogP contribution in [0.25, 0.3) is 5.69 Å². The fourth-order valence-electron chi connectivity index (χ4n) is 2.83. The highest BCUT2D eigenvalue weighted by atomic mass is 16.5. The molecule has 0 fully saturated rings. The number of aliphatic carboxylic acids is 1. The lowest BCUT2D eigenvalue weighted by molar-refractivity contribution is -0.138. The van der Waals surface area contributed by atoms with E-state index in [1.165, 1.54) is 6.92 Å². The number of nitrogens with one attached hydrogen (secondary N) is 2. The minimum Gasteiger partial charge on any atom is -0.495 e. The lowest BCUT2D eigenvalue weighted by Gasteiger charge is -2.15. The van der Waals surface area contributed by atoms with Gasteiger partial charge in [0.2, 0.25) is 5.91 Å². The molecule has 3 N–H and O–H groups in total. The topological polar surface area (TPSA) is 110 Å². The van der Waals surface area contributed by atoms with Gasteiger partial charge in [-0.3, -0.25) is 14.4 Å². The van der Waals surface area contributed by atoms with Crippen LogP contribution in [-0.2, 0) is 9.59 Å². The highest BCUT2D eigenvalue weighted by molar-refractivity contribution is 5.99. The van der Waals surface area contributed by atoms with Gasteiger partial charge in [-0.05, 0) is 39.0 Å². The average molecular weight is 373 g/mol. The second kappa shape index (κ2) is 8.39. The maximum absolute atomic E-state index is 12.6. The summed E-state index contributed by atoms with van der Waals surface area (Å²) in [6, 6.07) is 8.34. The molecule has 0 aliphatic carbocycles. The molecule has 2 aromatic rings. The van der Waals surface area contributed by atoms with E-state index in [1.54, 1.807) is 13.2 Å². The van der Waals surface area contributed by atoms with Gasteiger partial charge in [0, 0.05) is 11.4 Å². The average Bonchev–Trinajstić information content (AvgIpc) is 2.93. The van der Waals surface area contributed by atoms with Gasteiger partial charge in [-0.1, -0.05) is 12.1 Å². The first-order chi connectivity index (χ1) is 12.8. The van der Waals surface area contributed by atoms with Crippen LogP contribution in [0.1, 0.15) is 28.7 Å². The van der Waals surface area contributed by atoms with E-state index in [4.69, 9.17) is 9.84 Å². The van der Waals surface area contributed by atoms with Gasteiger partial charge in [-0.2, -0.15) is 0 Å². The number of carboxylic acid groups (broad SMARTS) is 1. The molecular formula is C19H23N3O5. The molecule has 27 heavy (non-hydrogen) atoms. The van der Waals surface area contributed by atoms with Crippen molar-refractivity contribution in [3.63, 3.8) is 0 Å². The van der Waals surface area contributed by atoms with Gasteiger partial charge in [0.05, 0.1) is 18.4 Å². The monoisotopic (exact) mass is 373 g/mol. The molecule has 144 valence electrons. The van der Waals surface area contributed by atoms with Gasteiger partial charge < -0.3 is 25.0 Å². The zero-order valence-corrected chi connectivity index (χ0v) is 15.7. The zero-order valence-electron chi connectivity index (χ0n) is 15.7. The number of rotatable bonds is 7. The maximum Gasteiger partial charge on any atom is 0.322 e. The zero-order chi connectivity index (χ0) is 20.1. The summed E-state index contributed by atoms with van der Waals surface area (Å²) in [5.74, 6) is -1.46. The quantitative estimate of drug-likeness (QED) is 0.680. The van der Waals surface area contributed by atoms with Crippen molar-refractivity contribution in [1.82, 2.24) is 15.2 Å². The number of carbonyl (C=O) groups excluding carboxylic acids is 2. The molecule has 0 saturated heterocycles. The van der Waals surface area contributed by atoms with Crippen LogP contribution in [0.15, 0.2) is 30.3 Å². The summed E-state index contributed by atoms with van der Waals surface area (Å²) >= 11 is 0. The molecule has 0 saturated carbocycles. The number of carboxylic acids is 1. The Hall–Kier alpha value is -3.29. The van der Waals surface area contributed by atoms with Crippen LogP contribution >= 0.6 is 0 Å². The standard InChI is InChI=1S/C19H23N3O5/c1-11-9-14(19(26)21-12(2)18(25)20-10-17(23)24)13(3)22(11)15-7-5-6-8-16(15)27-4/h5-9,12H,10H2,1-4H3,(H,20,25)(H,21,26)(H,23,24). The van der Waals surface area contributed by atoms with Crippen LogP contribution in [-0.4, -0.2) is 47.2 Å². The summed E-state index contributed by atoms with van der Waals surface area (Å²) < 4.78 is 7.31. The van der Waals surface area contributed by atoms with Gasteiger partial charge >= 0.3 is 5.97 Å². The molecule has 1 heterocycles. The molecule has 1 aromatic carbocycles. The number of carbonyl (C=O) groups is 3.